The highest BCUT2D eigenvalue weighted by Gasteiger charge is 2.65. The van der Waals surface area contributed by atoms with Gasteiger partial charge in [-0.05, 0) is 110 Å². The first-order chi connectivity index (χ1) is 17.9. The molecule has 0 aromatic carbocycles. The second-order valence-corrected chi connectivity index (χ2v) is 16.7. The summed E-state index contributed by atoms with van der Waals surface area (Å²) in [6, 6.07) is 0. The first kappa shape index (κ1) is 36.2. The SMILES string of the molecule is CC1CCC(C(C)C)C(C(OS(=O)(=O)C(F)(F)F)(C2CC(C)CCC2C(C)C)C2CC(C)CCC2C(C)C)C1.[SH3+]. The largest absolute Gasteiger partial charge is 0.523 e. The van der Waals surface area contributed by atoms with Crippen LogP contribution in [0.15, 0.2) is 0 Å². The molecule has 0 bridgehead atoms. The van der Waals surface area contributed by atoms with Crippen LogP contribution in [0.2, 0.25) is 0 Å². The molecular weight excluding hydrogens is 553 g/mol. The zero-order chi connectivity index (χ0) is 29.5. The fourth-order valence-electron chi connectivity index (χ4n) is 9.41. The Morgan fingerprint density at radius 3 is 1.10 bits per heavy atom. The van der Waals surface area contributed by atoms with Gasteiger partial charge >= 0.3 is 15.6 Å². The summed E-state index contributed by atoms with van der Waals surface area (Å²) in [5, 5.41) is 0. The van der Waals surface area contributed by atoms with E-state index in [2.05, 4.69) is 62.3 Å². The van der Waals surface area contributed by atoms with Crippen LogP contribution in [0, 0.1) is 71.0 Å². The number of rotatable bonds is 8. The van der Waals surface area contributed by atoms with E-state index in [1.54, 1.807) is 0 Å². The van der Waals surface area contributed by atoms with Gasteiger partial charge in [0.15, 0.2) is 0 Å². The van der Waals surface area contributed by atoms with Gasteiger partial charge in [-0.15, -0.1) is 0 Å². The zero-order valence-electron chi connectivity index (χ0n) is 26.6. The lowest BCUT2D eigenvalue weighted by atomic mass is 9.48. The van der Waals surface area contributed by atoms with E-state index in [0.29, 0.717) is 17.8 Å². The van der Waals surface area contributed by atoms with Gasteiger partial charge in [0, 0.05) is 0 Å². The van der Waals surface area contributed by atoms with E-state index in [1.165, 1.54) is 0 Å². The van der Waals surface area contributed by atoms with E-state index >= 15 is 0 Å². The fraction of sp³-hybridized carbons (Fsp3) is 1.00. The molecule has 9 atom stereocenters. The maximum atomic E-state index is 14.3. The van der Waals surface area contributed by atoms with E-state index in [1.807, 2.05) is 0 Å². The monoisotopic (exact) mass is 613 g/mol. The molecule has 3 fully saturated rings. The quantitative estimate of drug-likeness (QED) is 0.156. The van der Waals surface area contributed by atoms with Crippen LogP contribution in [0.1, 0.15) is 120 Å². The molecule has 0 spiro atoms. The van der Waals surface area contributed by atoms with Crippen molar-refractivity contribution in [3.05, 3.63) is 0 Å². The number of halogens is 3. The Morgan fingerprint density at radius 2 is 0.875 bits per heavy atom. The Labute approximate surface area is 251 Å². The third-order valence-corrected chi connectivity index (χ3v) is 12.4. The highest BCUT2D eigenvalue weighted by Crippen LogP contribution is 2.62. The molecule has 0 radical (unpaired) electrons. The predicted molar refractivity (Wildman–Crippen MR) is 165 cm³/mol. The van der Waals surface area contributed by atoms with Crippen molar-refractivity contribution < 1.29 is 25.8 Å². The minimum atomic E-state index is -5.80. The van der Waals surface area contributed by atoms with Gasteiger partial charge < -0.3 is 0 Å². The topological polar surface area (TPSA) is 43.4 Å². The third kappa shape index (κ3) is 7.39. The maximum Gasteiger partial charge on any atom is 0.523 e. The average Bonchev–Trinajstić information content (AvgIpc) is 2.81. The van der Waals surface area contributed by atoms with Gasteiger partial charge in [0.1, 0.15) is 0 Å². The molecule has 0 heterocycles. The summed E-state index contributed by atoms with van der Waals surface area (Å²) >= 11 is 0. The van der Waals surface area contributed by atoms with Gasteiger partial charge in [0.25, 0.3) is 0 Å². The van der Waals surface area contributed by atoms with E-state index < -0.39 is 21.2 Å². The summed E-state index contributed by atoms with van der Waals surface area (Å²) in [4.78, 5) is 0. The van der Waals surface area contributed by atoms with Crippen LogP contribution in [-0.4, -0.2) is 19.5 Å². The summed E-state index contributed by atoms with van der Waals surface area (Å²) < 4.78 is 75.8. The van der Waals surface area contributed by atoms with Crippen molar-refractivity contribution in [3.63, 3.8) is 0 Å². The minimum Gasteiger partial charge on any atom is -0.256 e. The van der Waals surface area contributed by atoms with Crippen molar-refractivity contribution in [2.24, 2.45) is 71.0 Å². The van der Waals surface area contributed by atoms with Crippen LogP contribution in [0.3, 0.4) is 0 Å². The normalized spacial score (nSPS) is 37.8. The van der Waals surface area contributed by atoms with Crippen LogP contribution in [0.25, 0.3) is 0 Å². The Bertz CT molecular complexity index is 823. The summed E-state index contributed by atoms with van der Waals surface area (Å²) in [5.41, 5.74) is -6.79. The highest BCUT2D eigenvalue weighted by molar-refractivity contribution is 7.87. The number of hydrogen-bond donors (Lipinski definition) is 0. The maximum absolute atomic E-state index is 14.3. The Balaban J connectivity index is 0.00000560. The molecule has 3 saturated carbocycles. The molecule has 0 N–H and O–H groups in total. The third-order valence-electron chi connectivity index (χ3n) is 11.3. The summed E-state index contributed by atoms with van der Waals surface area (Å²) in [5.74, 6) is 1.50. The molecule has 3 nitrogen and oxygen atoms in total. The van der Waals surface area contributed by atoms with Crippen molar-refractivity contribution in [1.82, 2.24) is 0 Å². The Hall–Kier alpha value is 0.0500. The standard InChI is InChI=1S/C32H57F3O3S.H2S/c1-19(2)25-13-10-22(7)16-28(25)31(38-39(36,37)32(33,34)35,29-17-23(8)11-14-26(29)20(3)4)30-18-24(9)12-15-27(30)21(5)6;/h19-30H,10-18H2,1-9H3;1H2/p+1. The zero-order valence-corrected chi connectivity index (χ0v) is 28.6. The van der Waals surface area contributed by atoms with E-state index in [4.69, 9.17) is 4.18 Å². The van der Waals surface area contributed by atoms with Crippen LogP contribution in [0.5, 0.6) is 0 Å². The van der Waals surface area contributed by atoms with Gasteiger partial charge in [-0.2, -0.15) is 21.6 Å². The summed E-state index contributed by atoms with van der Waals surface area (Å²) in [6.07, 6.45) is 8.07. The van der Waals surface area contributed by atoms with Gasteiger partial charge in [-0.25, -0.2) is 0 Å². The van der Waals surface area contributed by atoms with E-state index in [-0.39, 0.29) is 66.8 Å². The van der Waals surface area contributed by atoms with E-state index in [0.717, 1.165) is 57.8 Å². The smallest absolute Gasteiger partial charge is 0.256 e. The van der Waals surface area contributed by atoms with Gasteiger partial charge in [-0.3, -0.25) is 4.18 Å². The molecule has 3 aliphatic carbocycles. The molecule has 0 amide bonds. The second-order valence-electron chi connectivity index (χ2n) is 15.1. The summed E-state index contributed by atoms with van der Waals surface area (Å²) in [7, 11) is -5.80. The lowest BCUT2D eigenvalue weighted by Crippen LogP contribution is -2.64. The van der Waals surface area contributed by atoms with Crippen molar-refractivity contribution in [2.45, 2.75) is 131 Å². The molecule has 3 rings (SSSR count). The molecule has 40 heavy (non-hydrogen) atoms. The van der Waals surface area contributed by atoms with Crippen molar-refractivity contribution >= 4 is 23.6 Å². The molecular formula is C32H60F3O3S2+. The van der Waals surface area contributed by atoms with Crippen LogP contribution in [-0.2, 0) is 27.8 Å². The van der Waals surface area contributed by atoms with Crippen molar-refractivity contribution in [1.29, 1.82) is 0 Å². The minimum absolute atomic E-state index is 0. The molecule has 238 valence electrons. The molecule has 8 heteroatoms. The Kier molecular flexibility index (Phi) is 12.5. The predicted octanol–water partition coefficient (Wildman–Crippen LogP) is 8.91. The van der Waals surface area contributed by atoms with E-state index in [9.17, 15) is 21.6 Å². The second kappa shape index (κ2) is 13.8. The molecule has 3 aliphatic rings. The number of alkyl halides is 3. The summed E-state index contributed by atoms with van der Waals surface area (Å²) in [6.45, 7) is 19.6. The average molecular weight is 614 g/mol. The number of hydrogen-bond acceptors (Lipinski definition) is 3. The highest BCUT2D eigenvalue weighted by atomic mass is 32.2. The molecule has 0 aromatic rings. The molecule has 9 unspecified atom stereocenters. The molecule has 0 aromatic heterocycles. The lowest BCUT2D eigenvalue weighted by molar-refractivity contribution is -0.192. The van der Waals surface area contributed by atoms with Crippen molar-refractivity contribution in [2.75, 3.05) is 0 Å². The van der Waals surface area contributed by atoms with Gasteiger partial charge in [-0.1, -0.05) is 95.1 Å². The van der Waals surface area contributed by atoms with Crippen molar-refractivity contribution in [3.8, 4) is 0 Å². The van der Waals surface area contributed by atoms with Crippen LogP contribution < -0.4 is 0 Å². The van der Waals surface area contributed by atoms with Gasteiger partial charge in [0.05, 0.1) is 5.60 Å². The molecule has 0 saturated heterocycles. The van der Waals surface area contributed by atoms with Crippen LogP contribution in [0.4, 0.5) is 13.2 Å². The van der Waals surface area contributed by atoms with Crippen LogP contribution >= 0.6 is 0 Å². The first-order valence-electron chi connectivity index (χ1n) is 15.9. The Morgan fingerprint density at radius 1 is 0.600 bits per heavy atom. The fourth-order valence-corrected chi connectivity index (χ4v) is 10.3. The van der Waals surface area contributed by atoms with Gasteiger partial charge in [0.2, 0.25) is 0 Å². The molecule has 0 aliphatic heterocycles. The lowest BCUT2D eigenvalue weighted by Gasteiger charge is -2.61. The first-order valence-corrected chi connectivity index (χ1v) is 17.3.